The van der Waals surface area contributed by atoms with E-state index in [0.29, 0.717) is 39.1 Å². The number of rotatable bonds is 24. The zero-order valence-electron chi connectivity index (χ0n) is 26.9. The second kappa shape index (κ2) is 38.6. The Morgan fingerprint density at radius 1 is 0.333 bits per heavy atom. The fourth-order valence-electron chi connectivity index (χ4n) is 3.51. The second-order valence-electron chi connectivity index (χ2n) is 10.0. The van der Waals surface area contributed by atoms with Crippen molar-refractivity contribution >= 4 is 17.9 Å². The number of esters is 3. The Hall–Kier alpha value is -1.59. The summed E-state index contributed by atoms with van der Waals surface area (Å²) in [6.45, 7) is 13.9. The van der Waals surface area contributed by atoms with Gasteiger partial charge < -0.3 is 14.2 Å². The molecule has 0 saturated carbocycles. The van der Waals surface area contributed by atoms with E-state index in [9.17, 15) is 14.4 Å². The number of unbranched alkanes of at least 4 members (excludes halogenated alkanes) is 15. The molecule has 0 bridgehead atoms. The Balaban J connectivity index is -0.000000498. The summed E-state index contributed by atoms with van der Waals surface area (Å²) in [6, 6.07) is 0. The minimum atomic E-state index is -0.0754. The van der Waals surface area contributed by atoms with Crippen molar-refractivity contribution in [2.75, 3.05) is 19.8 Å². The van der Waals surface area contributed by atoms with Crippen LogP contribution in [0.2, 0.25) is 0 Å². The molecule has 0 atom stereocenters. The van der Waals surface area contributed by atoms with Gasteiger partial charge in [-0.2, -0.15) is 0 Å². The molecule has 0 aliphatic heterocycles. The molecule has 0 aromatic carbocycles. The normalized spacial score (nSPS) is 10.0. The van der Waals surface area contributed by atoms with Gasteiger partial charge in [-0.3, -0.25) is 14.4 Å². The van der Waals surface area contributed by atoms with Crippen molar-refractivity contribution in [2.24, 2.45) is 0 Å². The summed E-state index contributed by atoms with van der Waals surface area (Å²) in [4.78, 5) is 32.2. The van der Waals surface area contributed by atoms with Crippen molar-refractivity contribution < 1.29 is 28.6 Å². The van der Waals surface area contributed by atoms with Crippen LogP contribution < -0.4 is 0 Å². The maximum atomic E-state index is 10.7. The molecule has 0 saturated heterocycles. The van der Waals surface area contributed by atoms with Gasteiger partial charge in [0, 0.05) is 19.3 Å². The van der Waals surface area contributed by atoms with Crippen molar-refractivity contribution in [3.05, 3.63) is 0 Å². The lowest BCUT2D eigenvalue weighted by molar-refractivity contribution is -0.144. The average Bonchev–Trinajstić information content (AvgIpc) is 2.95. The maximum Gasteiger partial charge on any atom is 0.305 e. The van der Waals surface area contributed by atoms with E-state index in [1.807, 2.05) is 20.8 Å². The molecule has 0 radical (unpaired) electrons. The third-order valence-corrected chi connectivity index (χ3v) is 6.15. The Morgan fingerprint density at radius 2 is 0.538 bits per heavy atom. The first-order valence-corrected chi connectivity index (χ1v) is 16.4. The SMILES string of the molecule is CCCCCCCCOC(=O)CC.CCCCCCCCOC(=O)CC.CCCCCCCCOC(=O)CC. The summed E-state index contributed by atoms with van der Waals surface area (Å²) in [7, 11) is 0. The lowest BCUT2D eigenvalue weighted by Crippen LogP contribution is -2.03. The van der Waals surface area contributed by atoms with Gasteiger partial charge in [0.05, 0.1) is 19.8 Å². The highest BCUT2D eigenvalue weighted by atomic mass is 16.5. The number of hydrogen-bond donors (Lipinski definition) is 0. The van der Waals surface area contributed by atoms with Gasteiger partial charge in [0.15, 0.2) is 0 Å². The van der Waals surface area contributed by atoms with Crippen molar-refractivity contribution in [3.63, 3.8) is 0 Å². The highest BCUT2D eigenvalue weighted by molar-refractivity contribution is 5.69. The molecule has 0 rings (SSSR count). The van der Waals surface area contributed by atoms with Gasteiger partial charge in [0.25, 0.3) is 0 Å². The summed E-state index contributed by atoms with van der Waals surface area (Å²) < 4.78 is 14.9. The van der Waals surface area contributed by atoms with Gasteiger partial charge in [-0.25, -0.2) is 0 Å². The van der Waals surface area contributed by atoms with Crippen LogP contribution in [0.5, 0.6) is 0 Å². The molecule has 0 aromatic heterocycles. The lowest BCUT2D eigenvalue weighted by Gasteiger charge is -2.02. The van der Waals surface area contributed by atoms with Gasteiger partial charge in [0.2, 0.25) is 0 Å². The minimum absolute atomic E-state index is 0.0754. The molecule has 0 aliphatic rings. The van der Waals surface area contributed by atoms with Crippen LogP contribution in [0.15, 0.2) is 0 Å². The quantitative estimate of drug-likeness (QED) is 0.0666. The van der Waals surface area contributed by atoms with Crippen LogP contribution in [0.3, 0.4) is 0 Å². The molecule has 39 heavy (non-hydrogen) atoms. The second-order valence-corrected chi connectivity index (χ2v) is 10.0. The molecule has 0 N–H and O–H groups in total. The summed E-state index contributed by atoms with van der Waals surface area (Å²) >= 11 is 0. The molecule has 0 fully saturated rings. The number of carbonyl (C=O) groups excluding carboxylic acids is 3. The summed E-state index contributed by atoms with van der Waals surface area (Å²) in [5, 5.41) is 0. The van der Waals surface area contributed by atoms with E-state index in [0.717, 1.165) is 19.3 Å². The molecular formula is C33H66O6. The maximum absolute atomic E-state index is 10.7. The van der Waals surface area contributed by atoms with Crippen LogP contribution >= 0.6 is 0 Å². The smallest absolute Gasteiger partial charge is 0.305 e. The predicted octanol–water partition coefficient (Wildman–Crippen LogP) is 9.90. The number of ether oxygens (including phenoxy) is 3. The highest BCUT2D eigenvalue weighted by Crippen LogP contribution is 2.06. The first kappa shape index (κ1) is 41.9. The Morgan fingerprint density at radius 3 is 0.744 bits per heavy atom. The Kier molecular flexibility index (Phi) is 41.4. The lowest BCUT2D eigenvalue weighted by atomic mass is 10.1. The van der Waals surface area contributed by atoms with E-state index in [1.165, 1.54) is 96.3 Å². The Bertz CT molecular complexity index is 435. The van der Waals surface area contributed by atoms with Crippen LogP contribution in [-0.4, -0.2) is 37.7 Å². The number of carbonyl (C=O) groups is 3. The van der Waals surface area contributed by atoms with Gasteiger partial charge in [-0.15, -0.1) is 0 Å². The van der Waals surface area contributed by atoms with E-state index in [4.69, 9.17) is 14.2 Å². The van der Waals surface area contributed by atoms with Gasteiger partial charge >= 0.3 is 17.9 Å². The largest absolute Gasteiger partial charge is 0.466 e. The van der Waals surface area contributed by atoms with E-state index >= 15 is 0 Å². The van der Waals surface area contributed by atoms with Crippen LogP contribution in [0, 0.1) is 0 Å². The topological polar surface area (TPSA) is 78.9 Å². The zero-order valence-corrected chi connectivity index (χ0v) is 26.9. The molecule has 6 heteroatoms. The number of hydrogen-bond acceptors (Lipinski definition) is 6. The molecule has 0 aromatic rings. The molecule has 0 amide bonds. The van der Waals surface area contributed by atoms with Crippen LogP contribution in [0.25, 0.3) is 0 Å². The standard InChI is InChI=1S/3C11H22O2/c3*1-3-5-6-7-8-9-10-13-11(12)4-2/h3*3-10H2,1-2H3. The van der Waals surface area contributed by atoms with E-state index in [1.54, 1.807) is 0 Å². The van der Waals surface area contributed by atoms with E-state index in [-0.39, 0.29) is 17.9 Å². The predicted molar refractivity (Wildman–Crippen MR) is 164 cm³/mol. The monoisotopic (exact) mass is 558 g/mol. The van der Waals surface area contributed by atoms with Gasteiger partial charge in [-0.05, 0) is 19.3 Å². The zero-order chi connectivity index (χ0) is 29.8. The fourth-order valence-corrected chi connectivity index (χ4v) is 3.51. The molecule has 0 unspecified atom stereocenters. The van der Waals surface area contributed by atoms with Crippen LogP contribution in [0.4, 0.5) is 0 Å². The van der Waals surface area contributed by atoms with Gasteiger partial charge in [0.1, 0.15) is 0 Å². The highest BCUT2D eigenvalue weighted by Gasteiger charge is 1.98. The first-order valence-electron chi connectivity index (χ1n) is 16.4. The molecular weight excluding hydrogens is 492 g/mol. The summed E-state index contributed by atoms with van der Waals surface area (Å²) in [5.74, 6) is -0.226. The van der Waals surface area contributed by atoms with Crippen molar-refractivity contribution in [2.45, 2.75) is 176 Å². The van der Waals surface area contributed by atoms with Crippen molar-refractivity contribution in [1.29, 1.82) is 0 Å². The van der Waals surface area contributed by atoms with Crippen molar-refractivity contribution in [1.82, 2.24) is 0 Å². The molecule has 0 spiro atoms. The van der Waals surface area contributed by atoms with Crippen LogP contribution in [-0.2, 0) is 28.6 Å². The third kappa shape index (κ3) is 43.7. The van der Waals surface area contributed by atoms with E-state index in [2.05, 4.69) is 20.8 Å². The summed E-state index contributed by atoms with van der Waals surface area (Å²) in [6.07, 6.45) is 23.7. The fraction of sp³-hybridized carbons (Fsp3) is 0.909. The minimum Gasteiger partial charge on any atom is -0.466 e. The average molecular weight is 559 g/mol. The first-order chi connectivity index (χ1) is 18.9. The molecule has 6 nitrogen and oxygen atoms in total. The van der Waals surface area contributed by atoms with Gasteiger partial charge in [-0.1, -0.05) is 138 Å². The molecule has 0 aliphatic carbocycles. The van der Waals surface area contributed by atoms with Crippen LogP contribution in [0.1, 0.15) is 176 Å². The van der Waals surface area contributed by atoms with Crippen molar-refractivity contribution in [3.8, 4) is 0 Å². The Labute approximate surface area is 242 Å². The molecule has 234 valence electrons. The summed E-state index contributed by atoms with van der Waals surface area (Å²) in [5.41, 5.74) is 0. The third-order valence-electron chi connectivity index (χ3n) is 6.15. The van der Waals surface area contributed by atoms with E-state index < -0.39 is 0 Å². The molecule has 0 heterocycles.